The summed E-state index contributed by atoms with van der Waals surface area (Å²) in [5.74, 6) is 2.36. The smallest absolute Gasteiger partial charge is 0.330 e. The third-order valence-corrected chi connectivity index (χ3v) is 6.63. The van der Waals surface area contributed by atoms with E-state index in [9.17, 15) is 4.79 Å². The zero-order valence-electron chi connectivity index (χ0n) is 19.2. The largest absolute Gasteiger partial charge is 0.496 e. The van der Waals surface area contributed by atoms with Gasteiger partial charge in [0.05, 0.1) is 19.3 Å². The molecule has 3 aromatic rings. The lowest BCUT2D eigenvalue weighted by Gasteiger charge is -2.10. The fourth-order valence-corrected chi connectivity index (χ4v) is 4.41. The molecule has 0 radical (unpaired) electrons. The molecule has 1 unspecified atom stereocenters. The molecule has 0 fully saturated rings. The van der Waals surface area contributed by atoms with Gasteiger partial charge >= 0.3 is 5.97 Å². The summed E-state index contributed by atoms with van der Waals surface area (Å²) in [6, 6.07) is 14.7. The summed E-state index contributed by atoms with van der Waals surface area (Å²) in [6.07, 6.45) is 5.91. The molecule has 1 aromatic heterocycles. The predicted molar refractivity (Wildman–Crippen MR) is 132 cm³/mol. The van der Waals surface area contributed by atoms with Crippen LogP contribution in [-0.2, 0) is 16.0 Å². The Morgan fingerprint density at radius 3 is 2.78 bits per heavy atom. The van der Waals surface area contributed by atoms with E-state index in [0.29, 0.717) is 6.61 Å². The lowest BCUT2D eigenvalue weighted by atomic mass is 10.0. The molecule has 170 valence electrons. The van der Waals surface area contributed by atoms with Crippen molar-refractivity contribution in [2.24, 2.45) is 5.92 Å². The molecule has 32 heavy (non-hydrogen) atoms. The van der Waals surface area contributed by atoms with Gasteiger partial charge in [0.25, 0.3) is 0 Å². The fraction of sp³-hybridized carbons (Fsp3) is 0.370. The molecule has 2 aromatic carbocycles. The van der Waals surface area contributed by atoms with Gasteiger partial charge in [-0.05, 0) is 60.7 Å². The lowest BCUT2D eigenvalue weighted by molar-refractivity contribution is -0.138. The van der Waals surface area contributed by atoms with Gasteiger partial charge < -0.3 is 13.9 Å². The van der Waals surface area contributed by atoms with Crippen LogP contribution in [0.25, 0.3) is 22.3 Å². The van der Waals surface area contributed by atoms with Crippen LogP contribution in [0.1, 0.15) is 38.7 Å². The summed E-state index contributed by atoms with van der Waals surface area (Å²) in [6.45, 7) is 8.08. The molecule has 0 aliphatic rings. The number of carbonyl (C=O) groups excluding carboxylic acids is 1. The maximum atomic E-state index is 11.2. The van der Waals surface area contributed by atoms with Crippen molar-refractivity contribution < 1.29 is 18.7 Å². The molecule has 4 nitrogen and oxygen atoms in total. The summed E-state index contributed by atoms with van der Waals surface area (Å²) in [4.78, 5) is 12.3. The zero-order valence-corrected chi connectivity index (χ0v) is 20.0. The number of rotatable bonds is 12. The normalized spacial score (nSPS) is 12.0. The van der Waals surface area contributed by atoms with E-state index in [0.717, 1.165) is 45.1 Å². The first kappa shape index (κ1) is 24.0. The van der Waals surface area contributed by atoms with E-state index in [2.05, 4.69) is 62.9 Å². The molecule has 0 saturated carbocycles. The van der Waals surface area contributed by atoms with Crippen LogP contribution >= 0.6 is 11.8 Å². The van der Waals surface area contributed by atoms with Crippen molar-refractivity contribution in [3.63, 3.8) is 0 Å². The Hall–Kier alpha value is -2.66. The summed E-state index contributed by atoms with van der Waals surface area (Å²) in [5.41, 5.74) is 3.11. The molecule has 1 atom stereocenters. The second kappa shape index (κ2) is 11.8. The van der Waals surface area contributed by atoms with Crippen molar-refractivity contribution >= 4 is 28.7 Å². The second-order valence-electron chi connectivity index (χ2n) is 8.05. The van der Waals surface area contributed by atoms with Crippen molar-refractivity contribution in [2.45, 2.75) is 44.4 Å². The molecule has 1 heterocycles. The number of fused-ring (bicyclic) bond motifs is 1. The molecule has 3 rings (SSSR count). The monoisotopic (exact) mass is 452 g/mol. The molecular weight excluding hydrogens is 420 g/mol. The first-order chi connectivity index (χ1) is 15.5. The molecule has 0 aliphatic heterocycles. The summed E-state index contributed by atoms with van der Waals surface area (Å²) >= 11 is 1.72. The van der Waals surface area contributed by atoms with Crippen LogP contribution in [0.5, 0.6) is 5.75 Å². The SMILES string of the molecule is C=CC(=O)OCC(C)CSc1ccc2cc(-c3ccc(CCCCC)cc3OC)oc2c1. The molecule has 0 aliphatic carbocycles. The molecule has 5 heteroatoms. The van der Waals surface area contributed by atoms with Gasteiger partial charge in [-0.15, -0.1) is 11.8 Å². The number of thioether (sulfide) groups is 1. The number of benzene rings is 2. The Kier molecular flexibility index (Phi) is 8.86. The minimum absolute atomic E-state index is 0.242. The topological polar surface area (TPSA) is 48.7 Å². The number of carbonyl (C=O) groups is 1. The lowest BCUT2D eigenvalue weighted by Crippen LogP contribution is -2.11. The Bertz CT molecular complexity index is 1050. The number of hydrogen-bond donors (Lipinski definition) is 0. The van der Waals surface area contributed by atoms with Crippen molar-refractivity contribution in [2.75, 3.05) is 19.5 Å². The number of esters is 1. The van der Waals surface area contributed by atoms with Gasteiger partial charge in [0.2, 0.25) is 0 Å². The number of ether oxygens (including phenoxy) is 2. The number of unbranched alkanes of at least 4 members (excludes halogenated alkanes) is 2. The van der Waals surface area contributed by atoms with Gasteiger partial charge in [-0.1, -0.05) is 39.3 Å². The Labute approximate surface area is 195 Å². The van der Waals surface area contributed by atoms with Gasteiger partial charge in [-0.2, -0.15) is 0 Å². The summed E-state index contributed by atoms with van der Waals surface area (Å²) < 4.78 is 17.0. The van der Waals surface area contributed by atoms with E-state index in [1.807, 2.05) is 0 Å². The van der Waals surface area contributed by atoms with Gasteiger partial charge in [0.1, 0.15) is 17.1 Å². The second-order valence-corrected chi connectivity index (χ2v) is 9.15. The highest BCUT2D eigenvalue weighted by atomic mass is 32.2. The Balaban J connectivity index is 1.70. The number of furan rings is 1. The Morgan fingerprint density at radius 2 is 2.03 bits per heavy atom. The zero-order chi connectivity index (χ0) is 22.9. The van der Waals surface area contributed by atoms with E-state index in [4.69, 9.17) is 13.9 Å². The van der Waals surface area contributed by atoms with Crippen LogP contribution in [0, 0.1) is 5.92 Å². The number of methoxy groups -OCH3 is 1. The van der Waals surface area contributed by atoms with E-state index in [1.54, 1.807) is 18.9 Å². The van der Waals surface area contributed by atoms with Gasteiger partial charge in [0, 0.05) is 22.1 Å². The van der Waals surface area contributed by atoms with E-state index >= 15 is 0 Å². The number of aryl methyl sites for hydroxylation is 1. The van der Waals surface area contributed by atoms with E-state index in [1.165, 1.54) is 30.9 Å². The first-order valence-electron chi connectivity index (χ1n) is 11.2. The van der Waals surface area contributed by atoms with Gasteiger partial charge in [-0.3, -0.25) is 0 Å². The van der Waals surface area contributed by atoms with Crippen LogP contribution < -0.4 is 4.74 Å². The van der Waals surface area contributed by atoms with Crippen LogP contribution in [0.4, 0.5) is 0 Å². The van der Waals surface area contributed by atoms with Crippen LogP contribution in [0.3, 0.4) is 0 Å². The van der Waals surface area contributed by atoms with Gasteiger partial charge in [-0.25, -0.2) is 4.79 Å². The summed E-state index contributed by atoms with van der Waals surface area (Å²) in [7, 11) is 1.71. The van der Waals surface area contributed by atoms with Crippen molar-refractivity contribution in [3.05, 3.63) is 60.7 Å². The highest BCUT2D eigenvalue weighted by Crippen LogP contribution is 2.36. The van der Waals surface area contributed by atoms with Crippen molar-refractivity contribution in [1.82, 2.24) is 0 Å². The van der Waals surface area contributed by atoms with Crippen LogP contribution in [0.15, 0.2) is 64.4 Å². The van der Waals surface area contributed by atoms with Crippen LogP contribution in [-0.4, -0.2) is 25.4 Å². The quantitative estimate of drug-likeness (QED) is 0.125. The third kappa shape index (κ3) is 6.42. The molecule has 0 bridgehead atoms. The van der Waals surface area contributed by atoms with Gasteiger partial charge in [0.15, 0.2) is 0 Å². The maximum absolute atomic E-state index is 11.2. The molecule has 0 amide bonds. The van der Waals surface area contributed by atoms with E-state index < -0.39 is 0 Å². The molecular formula is C27H32O4S. The average Bonchev–Trinajstić information content (AvgIpc) is 3.24. The Morgan fingerprint density at radius 1 is 1.19 bits per heavy atom. The predicted octanol–water partition coefficient (Wildman–Crippen LogP) is 7.30. The first-order valence-corrected chi connectivity index (χ1v) is 12.2. The van der Waals surface area contributed by atoms with Crippen molar-refractivity contribution in [1.29, 1.82) is 0 Å². The molecule has 0 spiro atoms. The number of hydrogen-bond acceptors (Lipinski definition) is 5. The third-order valence-electron chi connectivity index (χ3n) is 5.30. The van der Waals surface area contributed by atoms with E-state index in [-0.39, 0.29) is 11.9 Å². The maximum Gasteiger partial charge on any atom is 0.330 e. The fourth-order valence-electron chi connectivity index (χ4n) is 3.48. The minimum Gasteiger partial charge on any atom is -0.496 e. The molecule has 0 saturated heterocycles. The minimum atomic E-state index is -0.379. The van der Waals surface area contributed by atoms with Crippen molar-refractivity contribution in [3.8, 4) is 17.1 Å². The van der Waals surface area contributed by atoms with Crippen LogP contribution in [0.2, 0.25) is 0 Å². The highest BCUT2D eigenvalue weighted by molar-refractivity contribution is 7.99. The summed E-state index contributed by atoms with van der Waals surface area (Å²) in [5, 5.41) is 1.06. The highest BCUT2D eigenvalue weighted by Gasteiger charge is 2.13. The average molecular weight is 453 g/mol. The molecule has 0 N–H and O–H groups in total. The standard InChI is InChI=1S/C27H32O4S/c1-5-7-8-9-20-10-13-23(25(14-20)29-4)26-15-21-11-12-22(16-24(21)31-26)32-18-19(3)17-30-27(28)6-2/h6,10-16,19H,2,5,7-9,17-18H2,1,3-4H3.